The lowest BCUT2D eigenvalue weighted by Gasteiger charge is -2.09. The summed E-state index contributed by atoms with van der Waals surface area (Å²) in [6.45, 7) is 7.23. The number of ether oxygens (including phenoxy) is 1. The van der Waals surface area contributed by atoms with Crippen molar-refractivity contribution < 1.29 is 9.53 Å². The first-order valence-electron chi connectivity index (χ1n) is 8.38. The van der Waals surface area contributed by atoms with E-state index in [1.807, 2.05) is 13.0 Å². The highest BCUT2D eigenvalue weighted by Gasteiger charge is 2.17. The predicted octanol–water partition coefficient (Wildman–Crippen LogP) is 4.41. The summed E-state index contributed by atoms with van der Waals surface area (Å²) in [5.41, 5.74) is 5.82. The van der Waals surface area contributed by atoms with E-state index in [1.54, 1.807) is 0 Å². The van der Waals surface area contributed by atoms with Crippen LogP contribution in [-0.4, -0.2) is 17.1 Å². The molecule has 0 fully saturated rings. The van der Waals surface area contributed by atoms with Crippen LogP contribution in [-0.2, 0) is 22.5 Å². The summed E-state index contributed by atoms with van der Waals surface area (Å²) in [5.74, 6) is -0.166. The fourth-order valence-corrected chi connectivity index (χ4v) is 3.21. The van der Waals surface area contributed by atoms with Crippen LogP contribution < -0.4 is 0 Å². The average Bonchev–Trinajstić information content (AvgIpc) is 2.81. The summed E-state index contributed by atoms with van der Waals surface area (Å²) in [6, 6.07) is 16.8. The first kappa shape index (κ1) is 16.3. The summed E-state index contributed by atoms with van der Waals surface area (Å²) in [7, 11) is 0. The van der Waals surface area contributed by atoms with Crippen LogP contribution in [0.4, 0.5) is 0 Å². The van der Waals surface area contributed by atoms with E-state index in [9.17, 15) is 4.79 Å². The second-order valence-corrected chi connectivity index (χ2v) is 6.14. The lowest BCUT2D eigenvalue weighted by molar-refractivity contribution is -0.142. The third-order valence-electron chi connectivity index (χ3n) is 4.42. The molecule has 0 saturated heterocycles. The number of hydrogen-bond donors (Lipinski definition) is 0. The Labute approximate surface area is 142 Å². The Bertz CT molecular complexity index is 862. The van der Waals surface area contributed by atoms with Crippen LogP contribution in [0.25, 0.3) is 10.9 Å². The molecule has 1 heterocycles. The molecule has 3 nitrogen and oxygen atoms in total. The number of fused-ring (bicyclic) bond motifs is 1. The lowest BCUT2D eigenvalue weighted by Crippen LogP contribution is -2.09. The molecule has 1 aromatic heterocycles. The number of carbonyl (C=O) groups is 1. The second kappa shape index (κ2) is 6.91. The minimum absolute atomic E-state index is 0.166. The lowest BCUT2D eigenvalue weighted by atomic mass is 10.1. The Hall–Kier alpha value is -2.55. The molecule has 3 rings (SSSR count). The van der Waals surface area contributed by atoms with E-state index in [-0.39, 0.29) is 5.97 Å². The average molecular weight is 321 g/mol. The molecule has 0 radical (unpaired) electrons. The highest BCUT2D eigenvalue weighted by atomic mass is 16.5. The quantitative estimate of drug-likeness (QED) is 0.652. The predicted molar refractivity (Wildman–Crippen MR) is 97.3 cm³/mol. The third-order valence-corrected chi connectivity index (χ3v) is 4.42. The Kier molecular flexibility index (Phi) is 4.70. The van der Waals surface area contributed by atoms with Crippen molar-refractivity contribution in [1.29, 1.82) is 0 Å². The van der Waals surface area contributed by atoms with Gasteiger partial charge in [-0.25, -0.2) is 0 Å². The molecular formula is C21H23NO2. The molecule has 124 valence electrons. The van der Waals surface area contributed by atoms with E-state index in [4.69, 9.17) is 4.74 Å². The summed E-state index contributed by atoms with van der Waals surface area (Å²) in [4.78, 5) is 12.0. The van der Waals surface area contributed by atoms with Crippen molar-refractivity contribution in [3.05, 3.63) is 70.9 Å². The van der Waals surface area contributed by atoms with Gasteiger partial charge in [0.05, 0.1) is 13.0 Å². The smallest absolute Gasteiger partial charge is 0.310 e. The molecule has 3 aromatic rings. The Morgan fingerprint density at radius 1 is 1.08 bits per heavy atom. The van der Waals surface area contributed by atoms with E-state index < -0.39 is 0 Å². The zero-order valence-corrected chi connectivity index (χ0v) is 14.5. The molecule has 0 aliphatic rings. The zero-order valence-electron chi connectivity index (χ0n) is 14.5. The van der Waals surface area contributed by atoms with Gasteiger partial charge in [0, 0.05) is 23.1 Å². The number of rotatable bonds is 5. The fraction of sp³-hybridized carbons (Fsp3) is 0.286. The van der Waals surface area contributed by atoms with Gasteiger partial charge in [0.1, 0.15) is 0 Å². The molecule has 0 amide bonds. The summed E-state index contributed by atoms with van der Waals surface area (Å²) in [5, 5.41) is 1.15. The van der Waals surface area contributed by atoms with Crippen molar-refractivity contribution in [3.63, 3.8) is 0 Å². The molecular weight excluding hydrogens is 298 g/mol. The fourth-order valence-electron chi connectivity index (χ4n) is 3.21. The molecule has 0 N–H and O–H groups in total. The van der Waals surface area contributed by atoms with Crippen molar-refractivity contribution in [2.45, 2.75) is 33.7 Å². The van der Waals surface area contributed by atoms with Crippen molar-refractivity contribution in [3.8, 4) is 0 Å². The van der Waals surface area contributed by atoms with Crippen molar-refractivity contribution in [1.82, 2.24) is 4.57 Å². The second-order valence-electron chi connectivity index (χ2n) is 6.14. The molecule has 0 bridgehead atoms. The maximum atomic E-state index is 12.0. The van der Waals surface area contributed by atoms with E-state index in [1.165, 1.54) is 16.6 Å². The first-order valence-corrected chi connectivity index (χ1v) is 8.38. The topological polar surface area (TPSA) is 31.2 Å². The highest BCUT2D eigenvalue weighted by Crippen LogP contribution is 2.28. The molecule has 0 spiro atoms. The van der Waals surface area contributed by atoms with Gasteiger partial charge in [0.2, 0.25) is 0 Å². The highest BCUT2D eigenvalue weighted by molar-refractivity contribution is 5.90. The van der Waals surface area contributed by atoms with Crippen molar-refractivity contribution in [2.24, 2.45) is 0 Å². The normalized spacial score (nSPS) is 11.0. The van der Waals surface area contributed by atoms with Crippen LogP contribution in [0.5, 0.6) is 0 Å². The number of aromatic nitrogens is 1. The number of benzene rings is 2. The first-order chi connectivity index (χ1) is 11.6. The minimum atomic E-state index is -0.166. The number of esters is 1. The standard InChI is InChI=1S/C21H23NO2/c1-4-24-21(23)13-18-16(3)22(14-17-8-6-5-7-9-17)20-11-10-15(2)12-19(18)20/h5-12H,4,13-14H2,1-3H3. The molecule has 0 saturated carbocycles. The van der Waals surface area contributed by atoms with Gasteiger partial charge in [0.25, 0.3) is 0 Å². The zero-order chi connectivity index (χ0) is 17.1. The van der Waals surface area contributed by atoms with Gasteiger partial charge in [-0.15, -0.1) is 0 Å². The summed E-state index contributed by atoms with van der Waals surface area (Å²) < 4.78 is 7.45. The largest absolute Gasteiger partial charge is 0.466 e. The molecule has 2 aromatic carbocycles. The van der Waals surface area contributed by atoms with Gasteiger partial charge in [-0.3, -0.25) is 4.79 Å². The number of aryl methyl sites for hydroxylation is 1. The molecule has 0 aliphatic heterocycles. The molecule has 0 atom stereocenters. The third kappa shape index (κ3) is 3.21. The van der Waals surface area contributed by atoms with E-state index in [2.05, 4.69) is 60.9 Å². The Morgan fingerprint density at radius 3 is 2.54 bits per heavy atom. The van der Waals surface area contributed by atoms with Crippen LogP contribution in [0.1, 0.15) is 29.3 Å². The molecule has 24 heavy (non-hydrogen) atoms. The maximum absolute atomic E-state index is 12.0. The van der Waals surface area contributed by atoms with Gasteiger partial charge in [-0.2, -0.15) is 0 Å². The summed E-state index contributed by atoms with van der Waals surface area (Å²) >= 11 is 0. The van der Waals surface area contributed by atoms with Crippen LogP contribution in [0.2, 0.25) is 0 Å². The van der Waals surface area contributed by atoms with Crippen molar-refractivity contribution >= 4 is 16.9 Å². The van der Waals surface area contributed by atoms with Crippen molar-refractivity contribution in [2.75, 3.05) is 6.61 Å². The van der Waals surface area contributed by atoms with Gasteiger partial charge in [-0.05, 0) is 44.0 Å². The molecule has 3 heteroatoms. The Morgan fingerprint density at radius 2 is 1.83 bits per heavy atom. The van der Waals surface area contributed by atoms with Crippen LogP contribution in [0, 0.1) is 13.8 Å². The Balaban J connectivity index is 2.08. The number of nitrogens with zero attached hydrogens (tertiary/aromatic N) is 1. The minimum Gasteiger partial charge on any atom is -0.466 e. The van der Waals surface area contributed by atoms with E-state index in [0.717, 1.165) is 23.2 Å². The maximum Gasteiger partial charge on any atom is 0.310 e. The van der Waals surface area contributed by atoms with Gasteiger partial charge < -0.3 is 9.30 Å². The van der Waals surface area contributed by atoms with E-state index in [0.29, 0.717) is 13.0 Å². The number of hydrogen-bond acceptors (Lipinski definition) is 2. The van der Waals surface area contributed by atoms with Gasteiger partial charge in [-0.1, -0.05) is 42.0 Å². The molecule has 0 unspecified atom stereocenters. The monoisotopic (exact) mass is 321 g/mol. The van der Waals surface area contributed by atoms with Gasteiger partial charge in [0.15, 0.2) is 0 Å². The summed E-state index contributed by atoms with van der Waals surface area (Å²) in [6.07, 6.45) is 0.321. The number of carbonyl (C=O) groups excluding carboxylic acids is 1. The van der Waals surface area contributed by atoms with Crippen LogP contribution >= 0.6 is 0 Å². The van der Waals surface area contributed by atoms with Crippen LogP contribution in [0.15, 0.2) is 48.5 Å². The van der Waals surface area contributed by atoms with Crippen LogP contribution in [0.3, 0.4) is 0 Å². The van der Waals surface area contributed by atoms with E-state index >= 15 is 0 Å². The SMILES string of the molecule is CCOC(=O)Cc1c(C)n(Cc2ccccc2)c2ccc(C)cc12. The molecule has 0 aliphatic carbocycles. The van der Waals surface area contributed by atoms with Gasteiger partial charge >= 0.3 is 5.97 Å².